The minimum absolute atomic E-state index is 0.0685. The highest BCUT2D eigenvalue weighted by atomic mass is 16.6. The minimum atomic E-state index is -0.639. The van der Waals surface area contributed by atoms with Crippen LogP contribution in [0.3, 0.4) is 0 Å². The zero-order chi connectivity index (χ0) is 15.4. The smallest absolute Gasteiger partial charge is 0.275 e. The molecule has 0 spiro atoms. The number of hydrogen-bond acceptors (Lipinski definition) is 6. The Morgan fingerprint density at radius 1 is 1.52 bits per heavy atom. The van der Waals surface area contributed by atoms with Crippen LogP contribution in [0.5, 0.6) is 5.75 Å². The van der Waals surface area contributed by atoms with E-state index >= 15 is 0 Å². The van der Waals surface area contributed by atoms with E-state index in [9.17, 15) is 20.0 Å². The van der Waals surface area contributed by atoms with Crippen LogP contribution in [-0.4, -0.2) is 32.0 Å². The lowest BCUT2D eigenvalue weighted by Crippen LogP contribution is -2.13. The molecule has 0 fully saturated rings. The minimum Gasteiger partial charge on any atom is -0.506 e. The zero-order valence-corrected chi connectivity index (χ0v) is 10.9. The van der Waals surface area contributed by atoms with Crippen molar-refractivity contribution >= 4 is 17.3 Å². The van der Waals surface area contributed by atoms with E-state index in [1.807, 2.05) is 0 Å². The summed E-state index contributed by atoms with van der Waals surface area (Å²) in [5.74, 6) is -0.922. The van der Waals surface area contributed by atoms with Crippen molar-refractivity contribution < 1.29 is 14.8 Å². The van der Waals surface area contributed by atoms with E-state index in [0.29, 0.717) is 13.1 Å². The number of nitrogens with zero attached hydrogens (tertiary/aromatic N) is 3. The molecule has 1 aromatic heterocycles. The Kier molecular flexibility index (Phi) is 4.14. The van der Waals surface area contributed by atoms with Gasteiger partial charge in [0.1, 0.15) is 11.4 Å². The van der Waals surface area contributed by atoms with Gasteiger partial charge in [0, 0.05) is 25.4 Å². The summed E-state index contributed by atoms with van der Waals surface area (Å²) < 4.78 is 1.66. The lowest BCUT2D eigenvalue weighted by molar-refractivity contribution is -0.384. The first-order valence-corrected chi connectivity index (χ1v) is 6.02. The van der Waals surface area contributed by atoms with E-state index in [4.69, 9.17) is 5.73 Å². The maximum absolute atomic E-state index is 11.9. The molecule has 21 heavy (non-hydrogen) atoms. The quantitative estimate of drug-likeness (QED) is 0.421. The number of nitrogens with one attached hydrogen (secondary N) is 1. The third kappa shape index (κ3) is 3.34. The van der Waals surface area contributed by atoms with Crippen LogP contribution in [0.15, 0.2) is 30.7 Å². The Labute approximate surface area is 119 Å². The van der Waals surface area contributed by atoms with E-state index in [1.54, 1.807) is 4.57 Å². The molecule has 0 saturated heterocycles. The molecular formula is C12H13N5O4. The number of nitro benzene ring substituents is 1. The van der Waals surface area contributed by atoms with Gasteiger partial charge in [-0.25, -0.2) is 4.98 Å². The zero-order valence-electron chi connectivity index (χ0n) is 10.9. The van der Waals surface area contributed by atoms with Gasteiger partial charge in [-0.1, -0.05) is 0 Å². The topological polar surface area (TPSA) is 136 Å². The van der Waals surface area contributed by atoms with Gasteiger partial charge in [0.25, 0.3) is 11.6 Å². The van der Waals surface area contributed by atoms with Crippen molar-refractivity contribution in [3.05, 3.63) is 46.5 Å². The van der Waals surface area contributed by atoms with Gasteiger partial charge in [0.2, 0.25) is 0 Å². The van der Waals surface area contributed by atoms with Crippen molar-refractivity contribution in [3.63, 3.8) is 0 Å². The first kappa shape index (κ1) is 14.5. The summed E-state index contributed by atoms with van der Waals surface area (Å²) in [7, 11) is 0. The maximum Gasteiger partial charge on any atom is 0.275 e. The number of amides is 1. The van der Waals surface area contributed by atoms with Crippen LogP contribution in [-0.2, 0) is 6.54 Å². The van der Waals surface area contributed by atoms with Crippen LogP contribution >= 0.6 is 0 Å². The largest absolute Gasteiger partial charge is 0.506 e. The number of phenols is 1. The lowest BCUT2D eigenvalue weighted by Gasteiger charge is -2.05. The van der Waals surface area contributed by atoms with Crippen LogP contribution in [0, 0.1) is 10.1 Å². The summed E-state index contributed by atoms with van der Waals surface area (Å²) in [4.78, 5) is 25.8. The number of rotatable bonds is 5. The Morgan fingerprint density at radius 2 is 2.29 bits per heavy atom. The molecule has 2 aromatic rings. The number of aromatic hydroxyl groups is 1. The molecule has 1 amide bonds. The summed E-state index contributed by atoms with van der Waals surface area (Å²) in [5, 5.41) is 22.7. The molecule has 0 aliphatic carbocycles. The molecule has 0 atom stereocenters. The summed E-state index contributed by atoms with van der Waals surface area (Å²) >= 11 is 0. The predicted octanol–water partition coefficient (Wildman–Crippen LogP) is 0.708. The van der Waals surface area contributed by atoms with E-state index in [2.05, 4.69) is 10.3 Å². The third-order valence-electron chi connectivity index (χ3n) is 2.69. The SMILES string of the molecule is NCCn1cnc(C(=O)Nc2ccc([N+](=O)[O-])cc2O)c1. The van der Waals surface area contributed by atoms with Crippen LogP contribution in [0.2, 0.25) is 0 Å². The van der Waals surface area contributed by atoms with Crippen molar-refractivity contribution in [2.75, 3.05) is 11.9 Å². The molecule has 4 N–H and O–H groups in total. The number of benzene rings is 1. The molecular weight excluding hydrogens is 278 g/mol. The molecule has 9 nitrogen and oxygen atoms in total. The summed E-state index contributed by atoms with van der Waals surface area (Å²) in [6.07, 6.45) is 2.99. The Bertz CT molecular complexity index is 682. The average molecular weight is 291 g/mol. The summed E-state index contributed by atoms with van der Waals surface area (Å²) in [5.41, 5.74) is 5.35. The molecule has 0 bridgehead atoms. The van der Waals surface area contributed by atoms with E-state index < -0.39 is 10.8 Å². The number of nitrogens with two attached hydrogens (primary N) is 1. The Hall–Kier alpha value is -2.94. The standard InChI is InChI=1S/C12H13N5O4/c13-3-4-16-6-10(14-7-16)12(19)15-9-2-1-8(17(20)21)5-11(9)18/h1-2,5-7,18H,3-4,13H2,(H,15,19). The van der Waals surface area contributed by atoms with Crippen molar-refractivity contribution in [2.45, 2.75) is 6.54 Å². The van der Waals surface area contributed by atoms with Crippen molar-refractivity contribution in [1.82, 2.24) is 9.55 Å². The van der Waals surface area contributed by atoms with Gasteiger partial charge in [0.15, 0.2) is 0 Å². The fourth-order valence-corrected chi connectivity index (χ4v) is 1.67. The fourth-order valence-electron chi connectivity index (χ4n) is 1.67. The molecule has 0 unspecified atom stereocenters. The number of aromatic nitrogens is 2. The molecule has 2 rings (SSSR count). The maximum atomic E-state index is 11.9. The number of nitro groups is 1. The number of non-ortho nitro benzene ring substituents is 1. The molecule has 9 heteroatoms. The first-order valence-electron chi connectivity index (χ1n) is 6.02. The number of anilines is 1. The van der Waals surface area contributed by atoms with E-state index in [0.717, 1.165) is 6.07 Å². The van der Waals surface area contributed by atoms with Crippen molar-refractivity contribution in [3.8, 4) is 5.75 Å². The molecule has 1 heterocycles. The monoisotopic (exact) mass is 291 g/mol. The average Bonchev–Trinajstić information content (AvgIpc) is 2.90. The van der Waals surface area contributed by atoms with Gasteiger partial charge in [-0.05, 0) is 6.07 Å². The molecule has 0 saturated carbocycles. The first-order chi connectivity index (χ1) is 10.0. The molecule has 0 aliphatic rings. The fraction of sp³-hybridized carbons (Fsp3) is 0.167. The van der Waals surface area contributed by atoms with Gasteiger partial charge < -0.3 is 20.7 Å². The second-order valence-electron chi connectivity index (χ2n) is 4.20. The van der Waals surface area contributed by atoms with Gasteiger partial charge in [0.05, 0.1) is 23.0 Å². The van der Waals surface area contributed by atoms with Crippen LogP contribution in [0.1, 0.15) is 10.5 Å². The number of phenolic OH excluding ortho intramolecular Hbond substituents is 1. The normalized spacial score (nSPS) is 10.3. The van der Waals surface area contributed by atoms with Crippen LogP contribution in [0.4, 0.5) is 11.4 Å². The molecule has 1 aromatic carbocycles. The van der Waals surface area contributed by atoms with Crippen molar-refractivity contribution in [1.29, 1.82) is 0 Å². The highest BCUT2D eigenvalue weighted by Crippen LogP contribution is 2.28. The highest BCUT2D eigenvalue weighted by Gasteiger charge is 2.14. The van der Waals surface area contributed by atoms with Gasteiger partial charge in [-0.3, -0.25) is 14.9 Å². The summed E-state index contributed by atoms with van der Waals surface area (Å²) in [6.45, 7) is 0.948. The van der Waals surface area contributed by atoms with Gasteiger partial charge >= 0.3 is 0 Å². The van der Waals surface area contributed by atoms with Gasteiger partial charge in [-0.2, -0.15) is 0 Å². The third-order valence-corrected chi connectivity index (χ3v) is 2.69. The second-order valence-corrected chi connectivity index (χ2v) is 4.20. The molecule has 110 valence electrons. The Balaban J connectivity index is 2.13. The molecule has 0 aliphatic heterocycles. The summed E-state index contributed by atoms with van der Waals surface area (Å²) in [6, 6.07) is 3.40. The highest BCUT2D eigenvalue weighted by molar-refractivity contribution is 6.03. The number of carbonyl (C=O) groups excluding carboxylic acids is 1. The van der Waals surface area contributed by atoms with E-state index in [-0.39, 0.29) is 22.8 Å². The lowest BCUT2D eigenvalue weighted by atomic mass is 10.2. The predicted molar refractivity (Wildman–Crippen MR) is 74.0 cm³/mol. The van der Waals surface area contributed by atoms with E-state index in [1.165, 1.54) is 24.7 Å². The van der Waals surface area contributed by atoms with Crippen molar-refractivity contribution in [2.24, 2.45) is 5.73 Å². The van der Waals surface area contributed by atoms with Crippen LogP contribution < -0.4 is 11.1 Å². The number of hydrogen-bond donors (Lipinski definition) is 3. The second kappa shape index (κ2) is 6.01. The molecule has 0 radical (unpaired) electrons. The Morgan fingerprint density at radius 3 is 2.90 bits per heavy atom. The van der Waals surface area contributed by atoms with Gasteiger partial charge in [-0.15, -0.1) is 0 Å². The number of imidazole rings is 1. The van der Waals surface area contributed by atoms with Crippen LogP contribution in [0.25, 0.3) is 0 Å². The number of carbonyl (C=O) groups is 1.